The molecule has 1 aromatic carbocycles. The van der Waals surface area contributed by atoms with E-state index in [1.54, 1.807) is 12.3 Å². The van der Waals surface area contributed by atoms with Gasteiger partial charge in [0.15, 0.2) is 0 Å². The molecule has 1 saturated carbocycles. The maximum Gasteiger partial charge on any atom is 0.242 e. The zero-order valence-corrected chi connectivity index (χ0v) is 12.7. The maximum atomic E-state index is 12.5. The number of rotatable bonds is 4. The lowest BCUT2D eigenvalue weighted by molar-refractivity contribution is -0.0270. The Morgan fingerprint density at radius 2 is 2.14 bits per heavy atom. The van der Waals surface area contributed by atoms with E-state index in [0.29, 0.717) is 18.4 Å². The summed E-state index contributed by atoms with van der Waals surface area (Å²) in [6, 6.07) is 6.99. The third kappa shape index (κ3) is 2.79. The summed E-state index contributed by atoms with van der Waals surface area (Å²) in [7, 11) is -3.68. The average molecular weight is 306 g/mol. The number of nitrogens with zero attached hydrogens (tertiary/aromatic N) is 1. The van der Waals surface area contributed by atoms with E-state index < -0.39 is 15.6 Å². The van der Waals surface area contributed by atoms with Crippen molar-refractivity contribution in [1.82, 2.24) is 9.71 Å². The van der Waals surface area contributed by atoms with Crippen LogP contribution in [0.15, 0.2) is 35.4 Å². The van der Waals surface area contributed by atoms with Crippen molar-refractivity contribution in [1.29, 1.82) is 0 Å². The summed E-state index contributed by atoms with van der Waals surface area (Å²) in [5.74, 6) is 0. The van der Waals surface area contributed by atoms with Crippen molar-refractivity contribution in [2.24, 2.45) is 0 Å². The van der Waals surface area contributed by atoms with Crippen LogP contribution in [0, 0.1) is 6.92 Å². The molecule has 0 saturated heterocycles. The highest BCUT2D eigenvalue weighted by Crippen LogP contribution is 2.31. The van der Waals surface area contributed by atoms with E-state index in [9.17, 15) is 13.5 Å². The van der Waals surface area contributed by atoms with Crippen LogP contribution < -0.4 is 4.72 Å². The van der Waals surface area contributed by atoms with Gasteiger partial charge in [-0.05, 0) is 43.9 Å². The number of benzene rings is 1. The average Bonchev–Trinajstić information content (AvgIpc) is 2.42. The van der Waals surface area contributed by atoms with Gasteiger partial charge in [0.25, 0.3) is 0 Å². The summed E-state index contributed by atoms with van der Waals surface area (Å²) in [6.45, 7) is 1.97. The lowest BCUT2D eigenvalue weighted by Gasteiger charge is -2.36. The molecule has 0 atom stereocenters. The van der Waals surface area contributed by atoms with Crippen LogP contribution in [0.25, 0.3) is 10.9 Å². The SMILES string of the molecule is Cc1cnc2c(S(=O)(=O)NCC3(O)CCC3)cccc2c1. The highest BCUT2D eigenvalue weighted by atomic mass is 32.2. The third-order valence-electron chi connectivity index (χ3n) is 3.98. The summed E-state index contributed by atoms with van der Waals surface area (Å²) in [6.07, 6.45) is 3.87. The van der Waals surface area contributed by atoms with E-state index in [4.69, 9.17) is 0 Å². The fraction of sp³-hybridized carbons (Fsp3) is 0.400. The summed E-state index contributed by atoms with van der Waals surface area (Å²) in [5, 5.41) is 10.8. The van der Waals surface area contributed by atoms with Crippen LogP contribution in [-0.2, 0) is 10.0 Å². The molecular weight excluding hydrogens is 288 g/mol. The largest absolute Gasteiger partial charge is 0.389 e. The molecule has 0 spiro atoms. The lowest BCUT2D eigenvalue weighted by atomic mass is 9.81. The standard InChI is InChI=1S/C15H18N2O3S/c1-11-8-12-4-2-5-13(14(12)16-9-11)21(19,20)17-10-15(18)6-3-7-15/h2,4-5,8-9,17-18H,3,6-7,10H2,1H3. The topological polar surface area (TPSA) is 79.3 Å². The quantitative estimate of drug-likeness (QED) is 0.901. The zero-order valence-electron chi connectivity index (χ0n) is 11.8. The van der Waals surface area contributed by atoms with Crippen LogP contribution in [0.4, 0.5) is 0 Å². The molecule has 2 aromatic rings. The molecule has 21 heavy (non-hydrogen) atoms. The number of para-hydroxylation sites is 1. The van der Waals surface area contributed by atoms with Crippen LogP contribution in [0.5, 0.6) is 0 Å². The first kappa shape index (κ1) is 14.4. The van der Waals surface area contributed by atoms with E-state index in [2.05, 4.69) is 9.71 Å². The van der Waals surface area contributed by atoms with Gasteiger partial charge in [-0.15, -0.1) is 0 Å². The highest BCUT2D eigenvalue weighted by molar-refractivity contribution is 7.89. The number of nitrogens with one attached hydrogen (secondary N) is 1. The Hall–Kier alpha value is -1.50. The molecule has 1 fully saturated rings. The first-order chi connectivity index (χ1) is 9.90. The van der Waals surface area contributed by atoms with Gasteiger partial charge in [-0.3, -0.25) is 4.98 Å². The van der Waals surface area contributed by atoms with Gasteiger partial charge in [0.1, 0.15) is 4.90 Å². The molecule has 0 aliphatic heterocycles. The monoisotopic (exact) mass is 306 g/mol. The van der Waals surface area contributed by atoms with Crippen LogP contribution in [0.2, 0.25) is 0 Å². The number of fused-ring (bicyclic) bond motifs is 1. The van der Waals surface area contributed by atoms with Gasteiger partial charge in [-0.1, -0.05) is 12.1 Å². The van der Waals surface area contributed by atoms with Crippen molar-refractivity contribution in [3.8, 4) is 0 Å². The number of aryl methyl sites for hydroxylation is 1. The zero-order chi connectivity index (χ0) is 15.1. The number of sulfonamides is 1. The van der Waals surface area contributed by atoms with Gasteiger partial charge in [0, 0.05) is 18.1 Å². The van der Waals surface area contributed by atoms with Crippen molar-refractivity contribution >= 4 is 20.9 Å². The smallest absolute Gasteiger partial charge is 0.242 e. The van der Waals surface area contributed by atoms with Crippen molar-refractivity contribution in [2.45, 2.75) is 36.7 Å². The minimum absolute atomic E-state index is 0.0532. The van der Waals surface area contributed by atoms with Crippen molar-refractivity contribution in [3.05, 3.63) is 36.0 Å². The molecule has 0 bridgehead atoms. The Kier molecular flexibility index (Phi) is 3.47. The first-order valence-corrected chi connectivity index (χ1v) is 8.45. The van der Waals surface area contributed by atoms with Gasteiger partial charge in [-0.2, -0.15) is 0 Å². The van der Waals surface area contributed by atoms with Gasteiger partial charge in [0.2, 0.25) is 10.0 Å². The molecule has 1 aliphatic rings. The molecule has 5 nitrogen and oxygen atoms in total. The predicted octanol–water partition coefficient (Wildman–Crippen LogP) is 1.74. The number of aliphatic hydroxyl groups is 1. The molecule has 112 valence electrons. The maximum absolute atomic E-state index is 12.5. The molecule has 3 rings (SSSR count). The van der Waals surface area contributed by atoms with Gasteiger partial charge < -0.3 is 5.11 Å². The van der Waals surface area contributed by atoms with Crippen LogP contribution in [0.1, 0.15) is 24.8 Å². The molecule has 0 amide bonds. The predicted molar refractivity (Wildman–Crippen MR) is 80.5 cm³/mol. The Balaban J connectivity index is 1.95. The summed E-state index contributed by atoms with van der Waals surface area (Å²) >= 11 is 0. The Labute approximate surface area is 124 Å². The van der Waals surface area contributed by atoms with E-state index in [-0.39, 0.29) is 11.4 Å². The lowest BCUT2D eigenvalue weighted by Crippen LogP contribution is -2.47. The van der Waals surface area contributed by atoms with Gasteiger partial charge in [0.05, 0.1) is 11.1 Å². The first-order valence-electron chi connectivity index (χ1n) is 6.97. The summed E-state index contributed by atoms with van der Waals surface area (Å²) in [5.41, 5.74) is 0.548. The van der Waals surface area contributed by atoms with E-state index in [0.717, 1.165) is 17.4 Å². The second kappa shape index (κ2) is 5.05. The molecule has 0 unspecified atom stereocenters. The number of pyridine rings is 1. The third-order valence-corrected chi connectivity index (χ3v) is 5.41. The molecule has 2 N–H and O–H groups in total. The Morgan fingerprint density at radius 1 is 1.38 bits per heavy atom. The van der Waals surface area contributed by atoms with E-state index in [1.807, 2.05) is 19.1 Å². The van der Waals surface area contributed by atoms with Crippen LogP contribution >= 0.6 is 0 Å². The minimum Gasteiger partial charge on any atom is -0.389 e. The number of aromatic nitrogens is 1. The molecule has 6 heteroatoms. The van der Waals surface area contributed by atoms with Crippen LogP contribution in [-0.4, -0.2) is 30.7 Å². The number of hydrogen-bond acceptors (Lipinski definition) is 4. The Bertz CT molecular complexity index is 783. The second-order valence-corrected chi connectivity index (χ2v) is 7.48. The van der Waals surface area contributed by atoms with Gasteiger partial charge in [-0.25, -0.2) is 13.1 Å². The molecule has 1 aliphatic carbocycles. The number of hydrogen-bond donors (Lipinski definition) is 2. The van der Waals surface area contributed by atoms with E-state index in [1.165, 1.54) is 6.07 Å². The second-order valence-electron chi connectivity index (χ2n) is 5.74. The molecule has 1 aromatic heterocycles. The van der Waals surface area contributed by atoms with Crippen molar-refractivity contribution < 1.29 is 13.5 Å². The van der Waals surface area contributed by atoms with E-state index >= 15 is 0 Å². The minimum atomic E-state index is -3.68. The fourth-order valence-electron chi connectivity index (χ4n) is 2.53. The highest BCUT2D eigenvalue weighted by Gasteiger charge is 2.35. The summed E-state index contributed by atoms with van der Waals surface area (Å²) < 4.78 is 27.4. The van der Waals surface area contributed by atoms with Crippen molar-refractivity contribution in [3.63, 3.8) is 0 Å². The van der Waals surface area contributed by atoms with Crippen molar-refractivity contribution in [2.75, 3.05) is 6.54 Å². The molecular formula is C15H18N2O3S. The molecule has 0 radical (unpaired) electrons. The summed E-state index contributed by atoms with van der Waals surface area (Å²) in [4.78, 5) is 4.40. The van der Waals surface area contributed by atoms with Crippen LogP contribution in [0.3, 0.4) is 0 Å². The Morgan fingerprint density at radius 3 is 2.81 bits per heavy atom. The fourth-order valence-corrected chi connectivity index (χ4v) is 3.83. The van der Waals surface area contributed by atoms with Gasteiger partial charge >= 0.3 is 0 Å². The normalized spacial score (nSPS) is 17.6. The molecule has 1 heterocycles.